The first-order chi connectivity index (χ1) is 10.5. The number of ether oxygens (including phenoxy) is 1. The van der Waals surface area contributed by atoms with Crippen molar-refractivity contribution in [1.82, 2.24) is 4.57 Å². The molecule has 1 aromatic carbocycles. The van der Waals surface area contributed by atoms with Gasteiger partial charge in [-0.1, -0.05) is 12.1 Å². The minimum absolute atomic E-state index is 0.131. The number of hydrogen-bond acceptors (Lipinski definition) is 5. The van der Waals surface area contributed by atoms with Gasteiger partial charge in [-0.2, -0.15) is 0 Å². The summed E-state index contributed by atoms with van der Waals surface area (Å²) in [4.78, 5) is 36.2. The highest BCUT2D eigenvalue weighted by Gasteiger charge is 2.18. The minimum Gasteiger partial charge on any atom is -0.462 e. The van der Waals surface area contributed by atoms with Crippen LogP contribution in [0.15, 0.2) is 44.3 Å². The lowest BCUT2D eigenvalue weighted by molar-refractivity contribution is 0.0522. The zero-order valence-corrected chi connectivity index (χ0v) is 12.1. The predicted octanol–water partition coefficient (Wildman–Crippen LogP) is 1.82. The maximum absolute atomic E-state index is 12.4. The number of benzene rings is 1. The molecular weight excluding hydrogens is 286 g/mol. The number of carbonyl (C=O) groups is 1. The Hall–Kier alpha value is -2.89. The summed E-state index contributed by atoms with van der Waals surface area (Å²) in [7, 11) is 1.62. The van der Waals surface area contributed by atoms with Crippen LogP contribution in [-0.4, -0.2) is 17.1 Å². The van der Waals surface area contributed by atoms with Crippen LogP contribution in [0.5, 0.6) is 0 Å². The smallest absolute Gasteiger partial charge is 0.351 e. The highest BCUT2D eigenvalue weighted by atomic mass is 16.5. The molecule has 0 spiro atoms. The molecule has 0 radical (unpaired) electrons. The summed E-state index contributed by atoms with van der Waals surface area (Å²) in [5.74, 6) is -0.798. The Morgan fingerprint density at radius 3 is 2.68 bits per heavy atom. The Morgan fingerprint density at radius 1 is 1.23 bits per heavy atom. The fraction of sp³-hybridized carbons (Fsp3) is 0.188. The normalized spacial score (nSPS) is 11.0. The fourth-order valence-corrected chi connectivity index (χ4v) is 2.43. The van der Waals surface area contributed by atoms with Gasteiger partial charge in [0.2, 0.25) is 0 Å². The summed E-state index contributed by atoms with van der Waals surface area (Å²) < 4.78 is 11.5. The van der Waals surface area contributed by atoms with E-state index in [2.05, 4.69) is 0 Å². The van der Waals surface area contributed by atoms with Gasteiger partial charge in [-0.3, -0.25) is 4.79 Å². The molecule has 0 N–H and O–H groups in total. The molecule has 112 valence electrons. The maximum Gasteiger partial charge on any atom is 0.351 e. The molecule has 0 fully saturated rings. The Morgan fingerprint density at radius 2 is 1.95 bits per heavy atom. The number of fused-ring (bicyclic) bond motifs is 3. The Balaban J connectivity index is 2.46. The van der Waals surface area contributed by atoms with E-state index < -0.39 is 11.6 Å². The molecule has 6 heteroatoms. The van der Waals surface area contributed by atoms with Gasteiger partial charge in [0.15, 0.2) is 5.58 Å². The fourth-order valence-electron chi connectivity index (χ4n) is 2.43. The van der Waals surface area contributed by atoms with Crippen molar-refractivity contribution < 1.29 is 13.9 Å². The molecule has 0 aliphatic heterocycles. The van der Waals surface area contributed by atoms with Gasteiger partial charge < -0.3 is 13.7 Å². The number of para-hydroxylation sites is 1. The molecule has 0 saturated carbocycles. The molecule has 2 heterocycles. The van der Waals surface area contributed by atoms with Crippen molar-refractivity contribution >= 4 is 27.8 Å². The molecule has 2 aromatic heterocycles. The van der Waals surface area contributed by atoms with E-state index in [-0.39, 0.29) is 28.7 Å². The monoisotopic (exact) mass is 299 g/mol. The van der Waals surface area contributed by atoms with E-state index in [1.807, 2.05) is 0 Å². The van der Waals surface area contributed by atoms with Crippen LogP contribution in [0.3, 0.4) is 0 Å². The summed E-state index contributed by atoms with van der Waals surface area (Å²) in [6.07, 6.45) is 0. The van der Waals surface area contributed by atoms with Gasteiger partial charge in [-0.25, -0.2) is 9.59 Å². The van der Waals surface area contributed by atoms with E-state index in [9.17, 15) is 14.4 Å². The maximum atomic E-state index is 12.4. The predicted molar refractivity (Wildman–Crippen MR) is 81.2 cm³/mol. The third kappa shape index (κ3) is 2.00. The summed E-state index contributed by atoms with van der Waals surface area (Å²) >= 11 is 0. The number of pyridine rings is 1. The number of carbonyl (C=O) groups excluding carboxylic acids is 1. The quantitative estimate of drug-likeness (QED) is 0.533. The van der Waals surface area contributed by atoms with Gasteiger partial charge >= 0.3 is 11.6 Å². The number of nitrogens with zero attached hydrogens (tertiary/aromatic N) is 1. The van der Waals surface area contributed by atoms with Crippen LogP contribution >= 0.6 is 0 Å². The minimum atomic E-state index is -0.815. The second-order valence-corrected chi connectivity index (χ2v) is 4.79. The first-order valence-corrected chi connectivity index (χ1v) is 6.77. The lowest BCUT2D eigenvalue weighted by atomic mass is 10.1. The Bertz CT molecular complexity index is 1010. The van der Waals surface area contributed by atoms with Crippen molar-refractivity contribution in [2.24, 2.45) is 7.05 Å². The van der Waals surface area contributed by atoms with E-state index in [0.29, 0.717) is 10.9 Å². The molecule has 6 nitrogen and oxygen atoms in total. The van der Waals surface area contributed by atoms with Crippen molar-refractivity contribution in [2.75, 3.05) is 6.61 Å². The lowest BCUT2D eigenvalue weighted by Gasteiger charge is -2.08. The van der Waals surface area contributed by atoms with Crippen LogP contribution in [-0.2, 0) is 11.8 Å². The summed E-state index contributed by atoms with van der Waals surface area (Å²) in [6, 6.07) is 8.33. The molecule has 0 bridgehead atoms. The first kappa shape index (κ1) is 14.1. The van der Waals surface area contributed by atoms with Gasteiger partial charge in [0.05, 0.1) is 17.5 Å². The molecular formula is C16H13NO5. The zero-order valence-electron chi connectivity index (χ0n) is 12.1. The van der Waals surface area contributed by atoms with Crippen molar-refractivity contribution in [3.05, 3.63) is 56.7 Å². The van der Waals surface area contributed by atoms with E-state index >= 15 is 0 Å². The Labute approximate surface area is 124 Å². The summed E-state index contributed by atoms with van der Waals surface area (Å²) in [6.45, 7) is 1.76. The van der Waals surface area contributed by atoms with Crippen LogP contribution in [0, 0.1) is 0 Å². The van der Waals surface area contributed by atoms with Crippen LogP contribution in [0.4, 0.5) is 0 Å². The van der Waals surface area contributed by atoms with E-state index in [4.69, 9.17) is 9.15 Å². The SMILES string of the molecule is CCOC(=O)c1cc2c(=O)n(C)c3ccccc3c2oc1=O. The van der Waals surface area contributed by atoms with Crippen LogP contribution in [0.2, 0.25) is 0 Å². The average Bonchev–Trinajstić information content (AvgIpc) is 2.52. The van der Waals surface area contributed by atoms with E-state index in [1.54, 1.807) is 38.2 Å². The molecule has 0 saturated heterocycles. The molecule has 3 rings (SSSR count). The van der Waals surface area contributed by atoms with Gasteiger partial charge in [-0.15, -0.1) is 0 Å². The van der Waals surface area contributed by atoms with Crippen molar-refractivity contribution in [2.45, 2.75) is 6.92 Å². The van der Waals surface area contributed by atoms with Gasteiger partial charge in [0.25, 0.3) is 5.56 Å². The second kappa shape index (κ2) is 5.14. The summed E-state index contributed by atoms with van der Waals surface area (Å²) in [5.41, 5.74) is -0.613. The summed E-state index contributed by atoms with van der Waals surface area (Å²) in [5, 5.41) is 0.802. The second-order valence-electron chi connectivity index (χ2n) is 4.79. The first-order valence-electron chi connectivity index (χ1n) is 6.77. The molecule has 0 atom stereocenters. The number of aromatic nitrogens is 1. The lowest BCUT2D eigenvalue weighted by Crippen LogP contribution is -2.21. The van der Waals surface area contributed by atoms with Crippen LogP contribution in [0.1, 0.15) is 17.3 Å². The van der Waals surface area contributed by atoms with Gasteiger partial charge in [-0.05, 0) is 25.1 Å². The highest BCUT2D eigenvalue weighted by Crippen LogP contribution is 2.21. The van der Waals surface area contributed by atoms with Crippen molar-refractivity contribution in [3.8, 4) is 0 Å². The number of aryl methyl sites for hydroxylation is 1. The molecule has 0 amide bonds. The number of rotatable bonds is 2. The number of esters is 1. The topological polar surface area (TPSA) is 78.5 Å². The average molecular weight is 299 g/mol. The standard InChI is InChI=1S/C16H13NO5/c1-3-21-15(19)11-8-10-13(22-16(11)20)9-6-4-5-7-12(9)17(2)14(10)18/h4-8H,3H2,1-2H3. The highest BCUT2D eigenvalue weighted by molar-refractivity contribution is 6.03. The third-order valence-corrected chi connectivity index (χ3v) is 3.49. The molecule has 0 aliphatic rings. The van der Waals surface area contributed by atoms with Crippen LogP contribution in [0.25, 0.3) is 21.9 Å². The molecule has 3 aromatic rings. The van der Waals surface area contributed by atoms with E-state index in [0.717, 1.165) is 0 Å². The van der Waals surface area contributed by atoms with Crippen LogP contribution < -0.4 is 11.2 Å². The van der Waals surface area contributed by atoms with Crippen molar-refractivity contribution in [1.29, 1.82) is 0 Å². The number of hydrogen-bond donors (Lipinski definition) is 0. The van der Waals surface area contributed by atoms with Gasteiger partial charge in [0, 0.05) is 12.4 Å². The van der Waals surface area contributed by atoms with Crippen molar-refractivity contribution in [3.63, 3.8) is 0 Å². The molecule has 0 aliphatic carbocycles. The Kier molecular flexibility index (Phi) is 3.29. The third-order valence-electron chi connectivity index (χ3n) is 3.49. The molecule has 22 heavy (non-hydrogen) atoms. The zero-order chi connectivity index (χ0) is 15.9. The van der Waals surface area contributed by atoms with Gasteiger partial charge in [0.1, 0.15) is 5.56 Å². The largest absolute Gasteiger partial charge is 0.462 e. The molecule has 0 unspecified atom stereocenters. The van der Waals surface area contributed by atoms with E-state index in [1.165, 1.54) is 10.6 Å².